The van der Waals surface area contributed by atoms with Crippen LogP contribution in [-0.4, -0.2) is 17.0 Å². The molecule has 1 aliphatic rings. The quantitative estimate of drug-likeness (QED) is 0.170. The summed E-state index contributed by atoms with van der Waals surface area (Å²) in [5.74, 6) is -0.111. The van der Waals surface area contributed by atoms with Gasteiger partial charge < -0.3 is 0 Å². The van der Waals surface area contributed by atoms with Gasteiger partial charge in [0.1, 0.15) is 11.2 Å². The van der Waals surface area contributed by atoms with Crippen molar-refractivity contribution in [2.24, 2.45) is 11.8 Å². The molecule has 0 aromatic carbocycles. The van der Waals surface area contributed by atoms with Gasteiger partial charge in [0.2, 0.25) is 5.79 Å². The van der Waals surface area contributed by atoms with Crippen LogP contribution in [0.4, 0.5) is 0 Å². The fourth-order valence-electron chi connectivity index (χ4n) is 4.59. The highest BCUT2D eigenvalue weighted by molar-refractivity contribution is 4.85. The third-order valence-corrected chi connectivity index (χ3v) is 7.44. The fourth-order valence-corrected chi connectivity index (χ4v) is 4.59. The van der Waals surface area contributed by atoms with Crippen LogP contribution in [0, 0.1) is 11.8 Å². The second-order valence-corrected chi connectivity index (χ2v) is 9.08. The first-order valence-corrected chi connectivity index (χ1v) is 12.1. The zero-order valence-electron chi connectivity index (χ0n) is 20.1. The van der Waals surface area contributed by atoms with Gasteiger partial charge in [-0.05, 0) is 50.9 Å². The predicted octanol–water partition coefficient (Wildman–Crippen LogP) is 7.75. The van der Waals surface area contributed by atoms with Crippen LogP contribution >= 0.6 is 0 Å². The first kappa shape index (κ1) is 25.9. The standard InChI is InChI=1S/C24H48O4/c1-9-17-22(11-3,12-4)25-27-24(19-15-16-20(7)21(24)8)28-26-23(13-5,14-6)18-10-2/h20-21H,9-19H2,1-8H3. The molecule has 2 atom stereocenters. The van der Waals surface area contributed by atoms with Crippen LogP contribution in [0.25, 0.3) is 0 Å². The van der Waals surface area contributed by atoms with E-state index in [2.05, 4.69) is 55.4 Å². The predicted molar refractivity (Wildman–Crippen MR) is 116 cm³/mol. The Morgan fingerprint density at radius 2 is 1.18 bits per heavy atom. The van der Waals surface area contributed by atoms with E-state index in [1.165, 1.54) is 6.42 Å². The molecule has 0 amide bonds. The normalized spacial score (nSPS) is 23.1. The van der Waals surface area contributed by atoms with Gasteiger partial charge in [0.15, 0.2) is 0 Å². The second-order valence-electron chi connectivity index (χ2n) is 9.08. The molecule has 0 bridgehead atoms. The molecule has 1 saturated carbocycles. The van der Waals surface area contributed by atoms with Gasteiger partial charge in [-0.15, -0.1) is 0 Å². The van der Waals surface area contributed by atoms with Crippen molar-refractivity contribution in [2.75, 3.05) is 0 Å². The van der Waals surface area contributed by atoms with E-state index in [0.29, 0.717) is 5.92 Å². The first-order chi connectivity index (χ1) is 13.3. The molecule has 0 N–H and O–H groups in total. The average molecular weight is 401 g/mol. The highest BCUT2D eigenvalue weighted by Gasteiger charge is 2.49. The Balaban J connectivity index is 3.04. The Labute approximate surface area is 174 Å². The Kier molecular flexibility index (Phi) is 11.0. The lowest BCUT2D eigenvalue weighted by Gasteiger charge is -2.46. The zero-order chi connectivity index (χ0) is 21.3. The summed E-state index contributed by atoms with van der Waals surface area (Å²) in [4.78, 5) is 25.0. The van der Waals surface area contributed by atoms with E-state index in [9.17, 15) is 0 Å². The minimum atomic E-state index is -0.829. The Morgan fingerprint density at radius 1 is 0.750 bits per heavy atom. The molecule has 0 saturated heterocycles. The van der Waals surface area contributed by atoms with Gasteiger partial charge in [-0.3, -0.25) is 0 Å². The second kappa shape index (κ2) is 11.9. The molecule has 0 heterocycles. The smallest absolute Gasteiger partial charge is 0.227 e. The van der Waals surface area contributed by atoms with E-state index in [-0.39, 0.29) is 17.1 Å². The molecular formula is C24H48O4. The first-order valence-electron chi connectivity index (χ1n) is 12.1. The largest absolute Gasteiger partial charge is 0.236 e. The minimum absolute atomic E-state index is 0.210. The summed E-state index contributed by atoms with van der Waals surface area (Å²) >= 11 is 0. The molecular weight excluding hydrogens is 352 g/mol. The van der Waals surface area contributed by atoms with Gasteiger partial charge in [-0.1, -0.05) is 74.7 Å². The van der Waals surface area contributed by atoms with Gasteiger partial charge in [-0.25, -0.2) is 9.78 Å². The van der Waals surface area contributed by atoms with Gasteiger partial charge in [0.25, 0.3) is 0 Å². The van der Waals surface area contributed by atoms with Crippen molar-refractivity contribution < 1.29 is 19.6 Å². The molecule has 0 spiro atoms. The molecule has 0 radical (unpaired) electrons. The van der Waals surface area contributed by atoms with Gasteiger partial charge in [0, 0.05) is 12.3 Å². The summed E-state index contributed by atoms with van der Waals surface area (Å²) < 4.78 is 0. The topological polar surface area (TPSA) is 36.9 Å². The van der Waals surface area contributed by atoms with Crippen molar-refractivity contribution in [2.45, 2.75) is 143 Å². The van der Waals surface area contributed by atoms with Crippen LogP contribution in [0.2, 0.25) is 0 Å². The molecule has 1 rings (SSSR count). The monoisotopic (exact) mass is 400 g/mol. The molecule has 0 aliphatic heterocycles. The Bertz CT molecular complexity index is 389. The van der Waals surface area contributed by atoms with Crippen molar-refractivity contribution in [3.63, 3.8) is 0 Å². The van der Waals surface area contributed by atoms with Crippen LogP contribution in [-0.2, 0) is 19.6 Å². The third-order valence-electron chi connectivity index (χ3n) is 7.44. The lowest BCUT2D eigenvalue weighted by molar-refractivity contribution is -0.564. The zero-order valence-corrected chi connectivity index (χ0v) is 20.1. The van der Waals surface area contributed by atoms with Crippen LogP contribution in [0.15, 0.2) is 0 Å². The highest BCUT2D eigenvalue weighted by atomic mass is 17.3. The van der Waals surface area contributed by atoms with Crippen LogP contribution in [0.3, 0.4) is 0 Å². The molecule has 28 heavy (non-hydrogen) atoms. The van der Waals surface area contributed by atoms with Crippen molar-refractivity contribution in [3.05, 3.63) is 0 Å². The fraction of sp³-hybridized carbons (Fsp3) is 1.00. The van der Waals surface area contributed by atoms with Crippen molar-refractivity contribution in [3.8, 4) is 0 Å². The van der Waals surface area contributed by atoms with Crippen LogP contribution in [0.1, 0.15) is 126 Å². The van der Waals surface area contributed by atoms with E-state index < -0.39 is 5.79 Å². The lowest BCUT2D eigenvalue weighted by atomic mass is 9.77. The summed E-state index contributed by atoms with van der Waals surface area (Å²) in [5.41, 5.74) is -0.497. The summed E-state index contributed by atoms with van der Waals surface area (Å²) in [7, 11) is 0. The van der Waals surface area contributed by atoms with Crippen molar-refractivity contribution in [1.29, 1.82) is 0 Å². The maximum atomic E-state index is 6.27. The molecule has 168 valence electrons. The maximum absolute atomic E-state index is 6.27. The Morgan fingerprint density at radius 3 is 1.54 bits per heavy atom. The van der Waals surface area contributed by atoms with E-state index in [1.54, 1.807) is 0 Å². The average Bonchev–Trinajstić information content (AvgIpc) is 2.72. The van der Waals surface area contributed by atoms with Crippen molar-refractivity contribution >= 4 is 0 Å². The summed E-state index contributed by atoms with van der Waals surface area (Å²) in [6, 6.07) is 0. The summed E-state index contributed by atoms with van der Waals surface area (Å²) in [5, 5.41) is 0. The SMILES string of the molecule is CCCC(CC)(CC)OOC1(OOC(CC)(CC)CCC)CCCC(C)C1C. The molecule has 2 unspecified atom stereocenters. The van der Waals surface area contributed by atoms with Gasteiger partial charge in [-0.2, -0.15) is 9.78 Å². The molecule has 1 fully saturated rings. The van der Waals surface area contributed by atoms with Gasteiger partial charge >= 0.3 is 0 Å². The molecule has 4 nitrogen and oxygen atoms in total. The number of rotatable bonds is 14. The summed E-state index contributed by atoms with van der Waals surface area (Å²) in [6.45, 7) is 17.6. The highest BCUT2D eigenvalue weighted by Crippen LogP contribution is 2.44. The van der Waals surface area contributed by atoms with E-state index >= 15 is 0 Å². The van der Waals surface area contributed by atoms with E-state index in [1.807, 2.05) is 0 Å². The Hall–Kier alpha value is -0.160. The minimum Gasteiger partial charge on any atom is -0.227 e. The molecule has 1 aliphatic carbocycles. The summed E-state index contributed by atoms with van der Waals surface area (Å²) in [6.07, 6.45) is 10.9. The van der Waals surface area contributed by atoms with Crippen LogP contribution < -0.4 is 0 Å². The maximum Gasteiger partial charge on any atom is 0.236 e. The third kappa shape index (κ3) is 6.17. The van der Waals surface area contributed by atoms with E-state index in [0.717, 1.165) is 64.2 Å². The lowest BCUT2D eigenvalue weighted by Crippen LogP contribution is -2.51. The molecule has 4 heteroatoms. The van der Waals surface area contributed by atoms with Gasteiger partial charge in [0.05, 0.1) is 0 Å². The molecule has 0 aromatic rings. The van der Waals surface area contributed by atoms with E-state index in [4.69, 9.17) is 19.6 Å². The molecule has 0 aromatic heterocycles. The van der Waals surface area contributed by atoms with Crippen LogP contribution in [0.5, 0.6) is 0 Å². The van der Waals surface area contributed by atoms with Crippen molar-refractivity contribution in [1.82, 2.24) is 0 Å². The number of hydrogen-bond donors (Lipinski definition) is 0. The number of hydrogen-bond acceptors (Lipinski definition) is 4.